The maximum atomic E-state index is 12.5. The molecule has 0 heterocycles. The highest BCUT2D eigenvalue weighted by atomic mass is 32.2. The Hall–Kier alpha value is -3.32. The first-order valence-electron chi connectivity index (χ1n) is 9.46. The number of rotatable bonds is 8. The van der Waals surface area contributed by atoms with Gasteiger partial charge in [0.15, 0.2) is 6.61 Å². The minimum Gasteiger partial charge on any atom is -0.484 e. The van der Waals surface area contributed by atoms with E-state index in [1.807, 2.05) is 44.2 Å². The van der Waals surface area contributed by atoms with E-state index >= 15 is 0 Å². The quantitative estimate of drug-likeness (QED) is 0.576. The molecule has 3 aromatic carbocycles. The average molecular weight is 425 g/mol. The van der Waals surface area contributed by atoms with Gasteiger partial charge in [0.25, 0.3) is 15.9 Å². The van der Waals surface area contributed by atoms with Gasteiger partial charge < -0.3 is 10.1 Å². The zero-order valence-electron chi connectivity index (χ0n) is 16.9. The van der Waals surface area contributed by atoms with Crippen LogP contribution in [0.5, 0.6) is 5.75 Å². The van der Waals surface area contributed by atoms with Crippen LogP contribution in [-0.2, 0) is 21.4 Å². The molecule has 0 unspecified atom stereocenters. The zero-order valence-corrected chi connectivity index (χ0v) is 17.7. The normalized spacial score (nSPS) is 11.0. The molecule has 156 valence electrons. The van der Waals surface area contributed by atoms with E-state index in [-0.39, 0.29) is 17.4 Å². The number of hydrogen-bond acceptors (Lipinski definition) is 4. The van der Waals surface area contributed by atoms with Gasteiger partial charge in [-0.05, 0) is 61.4 Å². The van der Waals surface area contributed by atoms with E-state index in [0.717, 1.165) is 16.7 Å². The van der Waals surface area contributed by atoms with E-state index in [1.165, 1.54) is 24.3 Å². The molecule has 0 saturated carbocycles. The Bertz CT molecular complexity index is 1130. The fraction of sp³-hybridized carbons (Fsp3) is 0.174. The topological polar surface area (TPSA) is 84.5 Å². The number of anilines is 1. The molecule has 2 N–H and O–H groups in total. The second-order valence-electron chi connectivity index (χ2n) is 7.00. The van der Waals surface area contributed by atoms with E-state index < -0.39 is 10.0 Å². The number of amides is 1. The molecule has 0 atom stereocenters. The summed E-state index contributed by atoms with van der Waals surface area (Å²) < 4.78 is 33.0. The largest absolute Gasteiger partial charge is 0.484 e. The highest BCUT2D eigenvalue weighted by molar-refractivity contribution is 7.92. The van der Waals surface area contributed by atoms with Crippen molar-refractivity contribution in [3.63, 3.8) is 0 Å². The zero-order chi connectivity index (χ0) is 21.6. The fourth-order valence-electron chi connectivity index (χ4n) is 2.86. The second-order valence-corrected chi connectivity index (χ2v) is 8.68. The van der Waals surface area contributed by atoms with Gasteiger partial charge in [0, 0.05) is 12.2 Å². The Morgan fingerprint density at radius 2 is 1.57 bits per heavy atom. The van der Waals surface area contributed by atoms with Crippen LogP contribution in [-0.4, -0.2) is 20.9 Å². The predicted octanol–water partition coefficient (Wildman–Crippen LogP) is 3.80. The molecular formula is C23H24N2O4S. The maximum absolute atomic E-state index is 12.5. The Kier molecular flexibility index (Phi) is 6.74. The van der Waals surface area contributed by atoms with Crippen molar-refractivity contribution in [2.45, 2.75) is 25.3 Å². The summed E-state index contributed by atoms with van der Waals surface area (Å²) in [5.74, 6) is 0.157. The number of aryl methyl sites for hydroxylation is 2. The van der Waals surface area contributed by atoms with Crippen molar-refractivity contribution >= 4 is 21.6 Å². The maximum Gasteiger partial charge on any atom is 0.261 e. The smallest absolute Gasteiger partial charge is 0.261 e. The predicted molar refractivity (Wildman–Crippen MR) is 117 cm³/mol. The summed E-state index contributed by atoms with van der Waals surface area (Å²) in [5.41, 5.74) is 3.60. The standard InChI is InChI=1S/C23H24N2O4S/c1-17-5-3-7-19(13-17)15-24-23(26)16-29-21-9-11-22(12-10-21)30(27,28)25-20-8-4-6-18(2)14-20/h3-14,25H,15-16H2,1-2H3,(H,24,26). The third-order valence-electron chi connectivity index (χ3n) is 4.35. The van der Waals surface area contributed by atoms with Gasteiger partial charge in [-0.2, -0.15) is 0 Å². The van der Waals surface area contributed by atoms with Crippen LogP contribution < -0.4 is 14.8 Å². The SMILES string of the molecule is Cc1cccc(CNC(=O)COc2ccc(S(=O)(=O)Nc3cccc(C)c3)cc2)c1. The number of ether oxygens (including phenoxy) is 1. The lowest BCUT2D eigenvalue weighted by Crippen LogP contribution is -2.28. The van der Waals surface area contributed by atoms with Crippen molar-refractivity contribution in [2.75, 3.05) is 11.3 Å². The molecule has 30 heavy (non-hydrogen) atoms. The molecule has 0 bridgehead atoms. The average Bonchev–Trinajstić information content (AvgIpc) is 2.71. The van der Waals surface area contributed by atoms with Crippen LogP contribution in [0.4, 0.5) is 5.69 Å². The first-order valence-corrected chi connectivity index (χ1v) is 10.9. The highest BCUT2D eigenvalue weighted by Gasteiger charge is 2.14. The number of nitrogens with one attached hydrogen (secondary N) is 2. The van der Waals surface area contributed by atoms with Crippen LogP contribution in [0.2, 0.25) is 0 Å². The van der Waals surface area contributed by atoms with Gasteiger partial charge in [-0.1, -0.05) is 42.0 Å². The number of benzene rings is 3. The molecule has 0 aliphatic carbocycles. The molecule has 0 aliphatic heterocycles. The van der Waals surface area contributed by atoms with Crippen LogP contribution in [0, 0.1) is 13.8 Å². The van der Waals surface area contributed by atoms with Gasteiger partial charge in [0.2, 0.25) is 0 Å². The summed E-state index contributed by atoms with van der Waals surface area (Å²) >= 11 is 0. The molecular weight excluding hydrogens is 400 g/mol. The molecule has 1 amide bonds. The highest BCUT2D eigenvalue weighted by Crippen LogP contribution is 2.20. The molecule has 0 aromatic heterocycles. The lowest BCUT2D eigenvalue weighted by Gasteiger charge is -2.10. The van der Waals surface area contributed by atoms with Gasteiger partial charge in [-0.15, -0.1) is 0 Å². The monoisotopic (exact) mass is 424 g/mol. The Morgan fingerprint density at radius 3 is 2.23 bits per heavy atom. The molecule has 0 spiro atoms. The molecule has 3 rings (SSSR count). The number of carbonyl (C=O) groups is 1. The van der Waals surface area contributed by atoms with Gasteiger partial charge >= 0.3 is 0 Å². The van der Waals surface area contributed by atoms with Crippen LogP contribution in [0.15, 0.2) is 77.7 Å². The molecule has 0 fully saturated rings. The number of sulfonamides is 1. The van der Waals surface area contributed by atoms with Gasteiger partial charge in [0.1, 0.15) is 5.75 Å². The molecule has 7 heteroatoms. The fourth-order valence-corrected chi connectivity index (χ4v) is 3.91. The summed E-state index contributed by atoms with van der Waals surface area (Å²) in [4.78, 5) is 12.1. The van der Waals surface area contributed by atoms with Crippen LogP contribution >= 0.6 is 0 Å². The van der Waals surface area contributed by atoms with E-state index in [4.69, 9.17) is 4.74 Å². The van der Waals surface area contributed by atoms with E-state index in [9.17, 15) is 13.2 Å². The van der Waals surface area contributed by atoms with Crippen LogP contribution in [0.1, 0.15) is 16.7 Å². The minimum absolute atomic E-state index is 0.111. The van der Waals surface area contributed by atoms with Crippen LogP contribution in [0.25, 0.3) is 0 Å². The minimum atomic E-state index is -3.71. The van der Waals surface area contributed by atoms with Crippen molar-refractivity contribution in [3.05, 3.63) is 89.5 Å². The Morgan fingerprint density at radius 1 is 0.900 bits per heavy atom. The van der Waals surface area contributed by atoms with Gasteiger partial charge in [-0.25, -0.2) is 8.42 Å². The third-order valence-corrected chi connectivity index (χ3v) is 5.74. The first kappa shape index (κ1) is 21.4. The number of carbonyl (C=O) groups excluding carboxylic acids is 1. The summed E-state index contributed by atoms with van der Waals surface area (Å²) in [6.45, 7) is 4.15. The number of hydrogen-bond donors (Lipinski definition) is 2. The van der Waals surface area contributed by atoms with Crippen molar-refractivity contribution in [1.82, 2.24) is 5.32 Å². The van der Waals surface area contributed by atoms with Gasteiger partial charge in [0.05, 0.1) is 4.90 Å². The lowest BCUT2D eigenvalue weighted by atomic mass is 10.1. The van der Waals surface area contributed by atoms with E-state index in [1.54, 1.807) is 18.2 Å². The van der Waals surface area contributed by atoms with E-state index in [2.05, 4.69) is 10.0 Å². The van der Waals surface area contributed by atoms with Crippen molar-refractivity contribution < 1.29 is 17.9 Å². The van der Waals surface area contributed by atoms with E-state index in [0.29, 0.717) is 18.0 Å². The Labute approximate surface area is 177 Å². The molecule has 3 aromatic rings. The molecule has 6 nitrogen and oxygen atoms in total. The van der Waals surface area contributed by atoms with Crippen molar-refractivity contribution in [3.8, 4) is 5.75 Å². The molecule has 0 aliphatic rings. The summed E-state index contributed by atoms with van der Waals surface area (Å²) in [7, 11) is -3.71. The molecule has 0 saturated heterocycles. The van der Waals surface area contributed by atoms with Gasteiger partial charge in [-0.3, -0.25) is 9.52 Å². The van der Waals surface area contributed by atoms with Crippen molar-refractivity contribution in [1.29, 1.82) is 0 Å². The first-order chi connectivity index (χ1) is 14.3. The summed E-state index contributed by atoms with van der Waals surface area (Å²) in [5, 5.41) is 2.79. The third kappa shape index (κ3) is 6.09. The lowest BCUT2D eigenvalue weighted by molar-refractivity contribution is -0.123. The van der Waals surface area contributed by atoms with Crippen LogP contribution in [0.3, 0.4) is 0 Å². The van der Waals surface area contributed by atoms with Crippen molar-refractivity contribution in [2.24, 2.45) is 0 Å². The summed E-state index contributed by atoms with van der Waals surface area (Å²) in [6, 6.07) is 20.9. The summed E-state index contributed by atoms with van der Waals surface area (Å²) in [6.07, 6.45) is 0. The second kappa shape index (κ2) is 9.45. The molecule has 0 radical (unpaired) electrons. The Balaban J connectivity index is 1.53.